The first-order valence-corrected chi connectivity index (χ1v) is 8.40. The number of anilines is 2. The first-order chi connectivity index (χ1) is 12.3. The Morgan fingerprint density at radius 2 is 1.69 bits per heavy atom. The molecule has 2 amide bonds. The summed E-state index contributed by atoms with van der Waals surface area (Å²) in [6.45, 7) is 1.84. The highest BCUT2D eigenvalue weighted by molar-refractivity contribution is 6.30. The molecule has 136 valence electrons. The van der Waals surface area contributed by atoms with Gasteiger partial charge in [-0.2, -0.15) is 0 Å². The number of aryl methyl sites for hydroxylation is 1. The number of halogens is 1. The molecule has 0 aliphatic heterocycles. The number of carboxylic acids is 1. The van der Waals surface area contributed by atoms with Crippen molar-refractivity contribution in [2.75, 3.05) is 10.6 Å². The van der Waals surface area contributed by atoms with Crippen LogP contribution >= 0.6 is 11.6 Å². The van der Waals surface area contributed by atoms with Crippen molar-refractivity contribution in [3.8, 4) is 0 Å². The Hall–Kier alpha value is -2.86. The van der Waals surface area contributed by atoms with Gasteiger partial charge in [0.2, 0.25) is 5.91 Å². The Balaban J connectivity index is 2.02. The van der Waals surface area contributed by atoms with E-state index >= 15 is 0 Å². The van der Waals surface area contributed by atoms with Gasteiger partial charge in [-0.25, -0.2) is 0 Å². The predicted molar refractivity (Wildman–Crippen MR) is 98.1 cm³/mol. The lowest BCUT2D eigenvalue weighted by Gasteiger charge is -2.12. The van der Waals surface area contributed by atoms with Gasteiger partial charge < -0.3 is 20.5 Å². The summed E-state index contributed by atoms with van der Waals surface area (Å²) >= 11 is 5.82. The molecule has 0 unspecified atom stereocenters. The molecule has 0 aliphatic carbocycles. The second-order valence-electron chi connectivity index (χ2n) is 5.76. The molecule has 6 nitrogen and oxygen atoms in total. The van der Waals surface area contributed by atoms with Crippen LogP contribution in [0.15, 0.2) is 42.5 Å². The second-order valence-corrected chi connectivity index (χ2v) is 6.20. The fraction of sp³-hybridized carbons (Fsp3) is 0.211. The third-order valence-electron chi connectivity index (χ3n) is 3.66. The molecule has 0 aromatic heterocycles. The number of carboxylic acid groups (broad SMARTS) is 1. The first-order valence-electron chi connectivity index (χ1n) is 8.02. The van der Waals surface area contributed by atoms with Crippen molar-refractivity contribution >= 4 is 40.8 Å². The average Bonchev–Trinajstić information content (AvgIpc) is 2.58. The first kappa shape index (κ1) is 19.5. The summed E-state index contributed by atoms with van der Waals surface area (Å²) in [6, 6.07) is 11.6. The van der Waals surface area contributed by atoms with Crippen LogP contribution in [0.1, 0.15) is 35.2 Å². The molecule has 2 rings (SSSR count). The summed E-state index contributed by atoms with van der Waals surface area (Å²) in [6.07, 6.45) is 0.123. The van der Waals surface area contributed by atoms with Crippen LogP contribution < -0.4 is 15.7 Å². The molecule has 0 aliphatic rings. The number of aliphatic carboxylic acids is 1. The van der Waals surface area contributed by atoms with Crippen LogP contribution in [-0.2, 0) is 9.59 Å². The topological polar surface area (TPSA) is 98.3 Å². The average molecular weight is 374 g/mol. The van der Waals surface area contributed by atoms with Gasteiger partial charge in [0.25, 0.3) is 5.91 Å². The smallest absolute Gasteiger partial charge is 0.255 e. The zero-order chi connectivity index (χ0) is 19.1. The van der Waals surface area contributed by atoms with Gasteiger partial charge in [-0.1, -0.05) is 17.7 Å². The number of amides is 2. The fourth-order valence-corrected chi connectivity index (χ4v) is 2.37. The van der Waals surface area contributed by atoms with Crippen LogP contribution in [0.2, 0.25) is 5.02 Å². The fourth-order valence-electron chi connectivity index (χ4n) is 2.25. The van der Waals surface area contributed by atoms with Crippen molar-refractivity contribution in [2.24, 2.45) is 0 Å². The number of hydrogen-bond donors (Lipinski definition) is 2. The molecule has 2 N–H and O–H groups in total. The molecule has 26 heavy (non-hydrogen) atoms. The van der Waals surface area contributed by atoms with Gasteiger partial charge in [-0.05, 0) is 61.7 Å². The van der Waals surface area contributed by atoms with E-state index < -0.39 is 5.97 Å². The molecule has 0 heterocycles. The zero-order valence-corrected chi connectivity index (χ0v) is 14.9. The number of carbonyl (C=O) groups excluding carboxylic acids is 3. The summed E-state index contributed by atoms with van der Waals surface area (Å²) in [4.78, 5) is 34.5. The van der Waals surface area contributed by atoms with Gasteiger partial charge in [0.1, 0.15) is 0 Å². The van der Waals surface area contributed by atoms with E-state index in [1.807, 2.05) is 6.92 Å². The van der Waals surface area contributed by atoms with Gasteiger partial charge in [-0.3, -0.25) is 9.59 Å². The maximum Gasteiger partial charge on any atom is 0.255 e. The van der Waals surface area contributed by atoms with Gasteiger partial charge in [-0.15, -0.1) is 0 Å². The molecule has 0 radical (unpaired) electrons. The Morgan fingerprint density at radius 1 is 1.00 bits per heavy atom. The number of nitrogens with one attached hydrogen (secondary N) is 2. The molecule has 2 aromatic carbocycles. The minimum absolute atomic E-state index is 0.0777. The van der Waals surface area contributed by atoms with Crippen molar-refractivity contribution in [3.05, 3.63) is 58.6 Å². The third kappa shape index (κ3) is 5.89. The van der Waals surface area contributed by atoms with E-state index in [1.54, 1.807) is 42.5 Å². The largest absolute Gasteiger partial charge is 0.550 e. The number of rotatable bonds is 7. The van der Waals surface area contributed by atoms with Gasteiger partial charge >= 0.3 is 0 Å². The summed E-state index contributed by atoms with van der Waals surface area (Å²) in [7, 11) is 0. The highest BCUT2D eigenvalue weighted by Crippen LogP contribution is 2.22. The van der Waals surface area contributed by atoms with Crippen LogP contribution in [0.4, 0.5) is 11.4 Å². The Bertz CT molecular complexity index is 819. The van der Waals surface area contributed by atoms with E-state index in [1.165, 1.54) is 0 Å². The van der Waals surface area contributed by atoms with Crippen molar-refractivity contribution in [1.82, 2.24) is 0 Å². The van der Waals surface area contributed by atoms with Crippen LogP contribution in [0, 0.1) is 6.92 Å². The minimum Gasteiger partial charge on any atom is -0.550 e. The quantitative estimate of drug-likeness (QED) is 0.779. The monoisotopic (exact) mass is 373 g/mol. The standard InChI is InChI=1S/C19H19ClN2O4/c1-12-5-10-15(21-17(23)3-2-4-18(24)25)11-16(12)22-19(26)13-6-8-14(20)9-7-13/h5-11H,2-4H2,1H3,(H,21,23)(H,22,26)(H,24,25)/p-1. The molecule has 0 saturated heterocycles. The molecule has 7 heteroatoms. The van der Waals surface area contributed by atoms with E-state index in [4.69, 9.17) is 11.6 Å². The maximum absolute atomic E-state index is 12.3. The highest BCUT2D eigenvalue weighted by atomic mass is 35.5. The predicted octanol–water partition coefficient (Wildman–Crippen LogP) is 2.76. The van der Waals surface area contributed by atoms with Gasteiger partial charge in [0.05, 0.1) is 0 Å². The summed E-state index contributed by atoms with van der Waals surface area (Å²) in [5, 5.41) is 16.4. The van der Waals surface area contributed by atoms with Crippen LogP contribution in [0.25, 0.3) is 0 Å². The van der Waals surface area contributed by atoms with Crippen LogP contribution in [0.5, 0.6) is 0 Å². The molecular formula is C19H18ClN2O4-. The lowest BCUT2D eigenvalue weighted by molar-refractivity contribution is -0.305. The molecular weight excluding hydrogens is 356 g/mol. The van der Waals surface area contributed by atoms with Gasteiger partial charge in [0.15, 0.2) is 0 Å². The SMILES string of the molecule is Cc1ccc(NC(=O)CCCC(=O)[O-])cc1NC(=O)c1ccc(Cl)cc1. The highest BCUT2D eigenvalue weighted by Gasteiger charge is 2.10. The van der Waals surface area contributed by atoms with Crippen LogP contribution in [0.3, 0.4) is 0 Å². The van der Waals surface area contributed by atoms with E-state index in [9.17, 15) is 19.5 Å². The molecule has 0 fully saturated rings. The van der Waals surface area contributed by atoms with E-state index in [-0.39, 0.29) is 31.1 Å². The van der Waals surface area contributed by atoms with E-state index in [2.05, 4.69) is 10.6 Å². The number of hydrogen-bond acceptors (Lipinski definition) is 4. The van der Waals surface area contributed by atoms with Gasteiger partial charge in [0, 0.05) is 34.4 Å². The van der Waals surface area contributed by atoms with E-state index in [0.29, 0.717) is 22.0 Å². The van der Waals surface area contributed by atoms with Crippen molar-refractivity contribution < 1.29 is 19.5 Å². The summed E-state index contributed by atoms with van der Waals surface area (Å²) in [5.74, 6) is -1.77. The van der Waals surface area contributed by atoms with Crippen LogP contribution in [-0.4, -0.2) is 17.8 Å². The third-order valence-corrected chi connectivity index (χ3v) is 3.91. The Morgan fingerprint density at radius 3 is 2.35 bits per heavy atom. The molecule has 0 saturated carbocycles. The molecule has 0 bridgehead atoms. The summed E-state index contributed by atoms with van der Waals surface area (Å²) < 4.78 is 0. The molecule has 2 aromatic rings. The minimum atomic E-state index is -1.18. The Labute approximate surface area is 156 Å². The van der Waals surface area contributed by atoms with E-state index in [0.717, 1.165) is 5.56 Å². The molecule has 0 atom stereocenters. The van der Waals surface area contributed by atoms with Crippen molar-refractivity contribution in [3.63, 3.8) is 0 Å². The Kier molecular flexibility index (Phi) is 6.74. The number of carbonyl (C=O) groups is 3. The van der Waals surface area contributed by atoms with Crippen molar-refractivity contribution in [2.45, 2.75) is 26.2 Å². The van der Waals surface area contributed by atoms with Crippen molar-refractivity contribution in [1.29, 1.82) is 0 Å². The zero-order valence-electron chi connectivity index (χ0n) is 14.2. The normalized spacial score (nSPS) is 10.2. The lowest BCUT2D eigenvalue weighted by atomic mass is 10.1. The lowest BCUT2D eigenvalue weighted by Crippen LogP contribution is -2.22. The summed E-state index contributed by atoms with van der Waals surface area (Å²) in [5.41, 5.74) is 2.38. The number of benzene rings is 2. The molecule has 0 spiro atoms. The second kappa shape index (κ2) is 9.01. The maximum atomic E-state index is 12.3.